The Labute approximate surface area is 86.9 Å². The van der Waals surface area contributed by atoms with E-state index in [2.05, 4.69) is 20.9 Å². The van der Waals surface area contributed by atoms with Gasteiger partial charge in [0.25, 0.3) is 6.43 Å². The lowest BCUT2D eigenvalue weighted by Crippen LogP contribution is -2.04. The summed E-state index contributed by atoms with van der Waals surface area (Å²) in [6, 6.07) is 0.880. The highest BCUT2D eigenvalue weighted by Gasteiger charge is 2.17. The molecule has 2 nitrogen and oxygen atoms in total. The molecule has 1 heterocycles. The molecule has 0 saturated heterocycles. The Kier molecular flexibility index (Phi) is 3.88. The predicted octanol–water partition coefficient (Wildman–Crippen LogP) is 2.55. The summed E-state index contributed by atoms with van der Waals surface area (Å²) in [7, 11) is 0. The van der Waals surface area contributed by atoms with E-state index in [0.29, 0.717) is 0 Å². The van der Waals surface area contributed by atoms with E-state index in [1.54, 1.807) is 0 Å². The topological polar surface area (TPSA) is 33.1 Å². The summed E-state index contributed by atoms with van der Waals surface area (Å²) in [4.78, 5) is 3.43. The number of rotatable bonds is 3. The van der Waals surface area contributed by atoms with E-state index < -0.39 is 24.5 Å². The summed E-state index contributed by atoms with van der Waals surface area (Å²) >= 11 is 2.93. The van der Waals surface area contributed by atoms with Crippen LogP contribution in [-0.4, -0.2) is 10.1 Å². The van der Waals surface area contributed by atoms with Crippen molar-refractivity contribution in [1.82, 2.24) is 4.98 Å². The number of aliphatic hydroxyl groups is 1. The second-order valence-corrected chi connectivity index (χ2v) is 3.11. The molecule has 0 atom stereocenters. The zero-order valence-corrected chi connectivity index (χ0v) is 8.56. The maximum atomic E-state index is 13.0. The summed E-state index contributed by atoms with van der Waals surface area (Å²) in [5.41, 5.74) is -0.831. The average molecular weight is 270 g/mol. The van der Waals surface area contributed by atoms with Crippen molar-refractivity contribution in [2.75, 3.05) is 0 Å². The first-order chi connectivity index (χ1) is 6.60. The lowest BCUT2D eigenvalue weighted by Gasteiger charge is -2.07. The van der Waals surface area contributed by atoms with Crippen LogP contribution in [0.15, 0.2) is 6.07 Å². The summed E-state index contributed by atoms with van der Waals surface area (Å²) < 4.78 is 37.7. The standard InChI is InChI=1S/C8H7BrF3NO/c9-2-6-5(10)1-4(3-14)7(13-6)8(11)12/h1,8,14H,2-3H2. The van der Waals surface area contributed by atoms with Gasteiger partial charge in [0.1, 0.15) is 11.5 Å². The molecule has 1 aromatic heterocycles. The van der Waals surface area contributed by atoms with Crippen LogP contribution in [0.4, 0.5) is 13.2 Å². The Morgan fingerprint density at radius 2 is 2.14 bits per heavy atom. The van der Waals surface area contributed by atoms with Crippen LogP contribution in [0.1, 0.15) is 23.4 Å². The van der Waals surface area contributed by atoms with Crippen LogP contribution in [0.3, 0.4) is 0 Å². The van der Waals surface area contributed by atoms with Gasteiger partial charge in [0, 0.05) is 10.9 Å². The molecule has 0 spiro atoms. The minimum absolute atomic E-state index is 0.0598. The highest BCUT2D eigenvalue weighted by Crippen LogP contribution is 2.23. The Morgan fingerprint density at radius 3 is 2.57 bits per heavy atom. The number of hydrogen-bond donors (Lipinski definition) is 1. The second-order valence-electron chi connectivity index (χ2n) is 2.55. The first kappa shape index (κ1) is 11.5. The zero-order chi connectivity index (χ0) is 10.7. The van der Waals surface area contributed by atoms with E-state index in [-0.39, 0.29) is 16.6 Å². The van der Waals surface area contributed by atoms with Crippen LogP contribution < -0.4 is 0 Å². The highest BCUT2D eigenvalue weighted by atomic mass is 79.9. The van der Waals surface area contributed by atoms with Crippen LogP contribution in [0.25, 0.3) is 0 Å². The van der Waals surface area contributed by atoms with Crippen molar-refractivity contribution in [3.63, 3.8) is 0 Å². The maximum absolute atomic E-state index is 13.0. The molecule has 0 saturated carbocycles. The molecule has 1 rings (SSSR count). The molecule has 0 aliphatic heterocycles. The molecule has 0 amide bonds. The van der Waals surface area contributed by atoms with Gasteiger partial charge in [-0.1, -0.05) is 15.9 Å². The van der Waals surface area contributed by atoms with Gasteiger partial charge in [0.05, 0.1) is 12.3 Å². The van der Waals surface area contributed by atoms with Crippen molar-refractivity contribution in [3.05, 3.63) is 28.8 Å². The van der Waals surface area contributed by atoms with Crippen LogP contribution >= 0.6 is 15.9 Å². The van der Waals surface area contributed by atoms with Gasteiger partial charge in [-0.25, -0.2) is 18.2 Å². The van der Waals surface area contributed by atoms with Gasteiger partial charge in [-0.05, 0) is 6.07 Å². The van der Waals surface area contributed by atoms with Crippen LogP contribution in [0.2, 0.25) is 0 Å². The van der Waals surface area contributed by atoms with Crippen molar-refractivity contribution in [1.29, 1.82) is 0 Å². The molecule has 0 aliphatic rings. The SMILES string of the molecule is OCc1cc(F)c(CBr)nc1C(F)F. The molecule has 6 heteroatoms. The van der Waals surface area contributed by atoms with E-state index in [9.17, 15) is 13.2 Å². The van der Waals surface area contributed by atoms with Gasteiger partial charge in [0.15, 0.2) is 0 Å². The third-order valence-corrected chi connectivity index (χ3v) is 2.20. The smallest absolute Gasteiger partial charge is 0.280 e. The number of aliphatic hydroxyl groups excluding tert-OH is 1. The van der Waals surface area contributed by atoms with Crippen molar-refractivity contribution in [3.8, 4) is 0 Å². The molecular formula is C8H7BrF3NO. The Bertz CT molecular complexity index is 333. The zero-order valence-electron chi connectivity index (χ0n) is 6.98. The van der Waals surface area contributed by atoms with Crippen LogP contribution in [0.5, 0.6) is 0 Å². The van der Waals surface area contributed by atoms with Gasteiger partial charge in [-0.2, -0.15) is 0 Å². The van der Waals surface area contributed by atoms with Crippen molar-refractivity contribution < 1.29 is 18.3 Å². The summed E-state index contributed by atoms with van der Waals surface area (Å²) in [5.74, 6) is -0.699. The van der Waals surface area contributed by atoms with E-state index >= 15 is 0 Å². The fraction of sp³-hybridized carbons (Fsp3) is 0.375. The first-order valence-electron chi connectivity index (χ1n) is 3.73. The molecule has 78 valence electrons. The number of halogens is 4. The number of nitrogens with zero attached hydrogens (tertiary/aromatic N) is 1. The molecule has 1 aromatic rings. The van der Waals surface area contributed by atoms with E-state index in [1.807, 2.05) is 0 Å². The maximum Gasteiger partial charge on any atom is 0.280 e. The predicted molar refractivity (Wildman–Crippen MR) is 47.7 cm³/mol. The summed E-state index contributed by atoms with van der Waals surface area (Å²) in [5, 5.41) is 8.76. The van der Waals surface area contributed by atoms with Crippen molar-refractivity contribution in [2.24, 2.45) is 0 Å². The van der Waals surface area contributed by atoms with Gasteiger partial charge in [-0.15, -0.1) is 0 Å². The summed E-state index contributed by atoms with van der Waals surface area (Å²) in [6.45, 7) is -0.647. The third-order valence-electron chi connectivity index (χ3n) is 1.66. The fourth-order valence-electron chi connectivity index (χ4n) is 0.990. The fourth-order valence-corrected chi connectivity index (χ4v) is 1.38. The average Bonchev–Trinajstić information content (AvgIpc) is 2.16. The quantitative estimate of drug-likeness (QED) is 0.856. The van der Waals surface area contributed by atoms with Gasteiger partial charge < -0.3 is 5.11 Å². The van der Waals surface area contributed by atoms with Crippen molar-refractivity contribution in [2.45, 2.75) is 18.4 Å². The third kappa shape index (κ3) is 2.24. The number of hydrogen-bond acceptors (Lipinski definition) is 2. The largest absolute Gasteiger partial charge is 0.392 e. The van der Waals surface area contributed by atoms with Crippen LogP contribution in [-0.2, 0) is 11.9 Å². The van der Waals surface area contributed by atoms with E-state index in [0.717, 1.165) is 6.07 Å². The van der Waals surface area contributed by atoms with Crippen LogP contribution in [0, 0.1) is 5.82 Å². The number of alkyl halides is 3. The van der Waals surface area contributed by atoms with Crippen molar-refractivity contribution >= 4 is 15.9 Å². The molecule has 0 bridgehead atoms. The summed E-state index contributed by atoms with van der Waals surface area (Å²) in [6.07, 6.45) is -2.81. The first-order valence-corrected chi connectivity index (χ1v) is 4.85. The highest BCUT2D eigenvalue weighted by molar-refractivity contribution is 9.08. The minimum atomic E-state index is -2.81. The molecule has 14 heavy (non-hydrogen) atoms. The molecule has 0 fully saturated rings. The molecule has 0 radical (unpaired) electrons. The molecular weight excluding hydrogens is 263 g/mol. The molecule has 0 aliphatic carbocycles. The van der Waals surface area contributed by atoms with E-state index in [4.69, 9.17) is 5.11 Å². The Hall–Kier alpha value is -0.620. The van der Waals surface area contributed by atoms with E-state index in [1.165, 1.54) is 0 Å². The van der Waals surface area contributed by atoms with Gasteiger partial charge >= 0.3 is 0 Å². The molecule has 1 N–H and O–H groups in total. The van der Waals surface area contributed by atoms with Gasteiger partial charge in [-0.3, -0.25) is 0 Å². The minimum Gasteiger partial charge on any atom is -0.392 e. The molecule has 0 aromatic carbocycles. The Balaban J connectivity index is 3.25. The second kappa shape index (κ2) is 4.75. The lowest BCUT2D eigenvalue weighted by atomic mass is 10.2. The Morgan fingerprint density at radius 1 is 1.50 bits per heavy atom. The monoisotopic (exact) mass is 269 g/mol. The molecule has 0 unspecified atom stereocenters. The normalized spacial score (nSPS) is 11.0. The van der Waals surface area contributed by atoms with Gasteiger partial charge in [0.2, 0.25) is 0 Å². The number of aromatic nitrogens is 1. The number of pyridine rings is 1. The lowest BCUT2D eigenvalue weighted by molar-refractivity contribution is 0.141.